The summed E-state index contributed by atoms with van der Waals surface area (Å²) >= 11 is 1.86. The molecule has 1 aromatic rings. The Morgan fingerprint density at radius 3 is 2.74 bits per heavy atom. The van der Waals surface area contributed by atoms with Gasteiger partial charge in [-0.3, -0.25) is 4.79 Å². The number of aliphatic hydroxyl groups is 2. The number of thioether (sulfide) groups is 1. The fourth-order valence-corrected chi connectivity index (χ4v) is 7.06. The van der Waals surface area contributed by atoms with E-state index >= 15 is 0 Å². The number of halogens is 3. The maximum absolute atomic E-state index is 12.8. The van der Waals surface area contributed by atoms with Crippen molar-refractivity contribution in [2.45, 2.75) is 80.8 Å². The summed E-state index contributed by atoms with van der Waals surface area (Å²) in [6.45, 7) is 1.81. The van der Waals surface area contributed by atoms with Crippen LogP contribution >= 0.6 is 11.8 Å². The largest absolute Gasteiger partial charge is 0.491 e. The molecule has 1 heterocycles. The number of rotatable bonds is 11. The van der Waals surface area contributed by atoms with Crippen LogP contribution in [0.4, 0.5) is 13.2 Å². The molecule has 9 heteroatoms. The van der Waals surface area contributed by atoms with Crippen LogP contribution in [0.3, 0.4) is 0 Å². The lowest BCUT2D eigenvalue weighted by molar-refractivity contribution is -0.142. The molecule has 35 heavy (non-hydrogen) atoms. The van der Waals surface area contributed by atoms with E-state index < -0.39 is 29.9 Å². The minimum Gasteiger partial charge on any atom is -0.491 e. The Morgan fingerprint density at radius 2 is 2.06 bits per heavy atom. The summed E-state index contributed by atoms with van der Waals surface area (Å²) in [7, 11) is 0. The number of fused-ring (bicyclic) bond motifs is 1. The lowest BCUT2D eigenvalue weighted by Gasteiger charge is -2.33. The van der Waals surface area contributed by atoms with Crippen LogP contribution in [-0.2, 0) is 11.0 Å². The molecule has 0 spiro atoms. The number of aliphatic hydroxyl groups excluding tert-OH is 2. The normalized spacial score (nSPS) is 28.6. The number of carboxylic acid groups (broad SMARTS) is 1. The minimum atomic E-state index is -4.46. The molecule has 1 aliphatic carbocycles. The highest BCUT2D eigenvalue weighted by Gasteiger charge is 2.44. The van der Waals surface area contributed by atoms with Gasteiger partial charge in [0.1, 0.15) is 18.5 Å². The number of alkyl halides is 3. The van der Waals surface area contributed by atoms with Gasteiger partial charge < -0.3 is 20.1 Å². The molecule has 0 radical (unpaired) electrons. The first kappa shape index (κ1) is 27.9. The third kappa shape index (κ3) is 7.89. The van der Waals surface area contributed by atoms with Crippen molar-refractivity contribution in [3.63, 3.8) is 0 Å². The summed E-state index contributed by atoms with van der Waals surface area (Å²) in [6.07, 6.45) is 3.07. The molecule has 1 aromatic carbocycles. The lowest BCUT2D eigenvalue weighted by Crippen LogP contribution is -2.27. The standard InChI is InChI=1S/C26H35F3O5S/c1-2-4-16(25(32)33)7-9-20-10-12-22-21(23(31)14-24(22)35-20)11-8-18(30)15-34-19-6-3-5-17(13-19)26(27,28)29/h3,5-6,8,11,13,16,18,20-24,30-31H,2,4,7,9-10,12,14-15H2,1H3,(H,32,33)/b11-8+/t16?,18-,20+,21-,22-,23-,24+/m1/s1. The summed E-state index contributed by atoms with van der Waals surface area (Å²) < 4.78 is 43.8. The van der Waals surface area contributed by atoms with Gasteiger partial charge in [0.05, 0.1) is 17.6 Å². The topological polar surface area (TPSA) is 87.0 Å². The van der Waals surface area contributed by atoms with E-state index in [0.29, 0.717) is 29.8 Å². The van der Waals surface area contributed by atoms with Crippen LogP contribution in [-0.4, -0.2) is 50.6 Å². The van der Waals surface area contributed by atoms with Crippen LogP contribution in [0.25, 0.3) is 0 Å². The predicted octanol–water partition coefficient (Wildman–Crippen LogP) is 5.54. The first-order valence-corrected chi connectivity index (χ1v) is 13.3. The van der Waals surface area contributed by atoms with Crippen LogP contribution in [0.1, 0.15) is 57.4 Å². The molecule has 2 fully saturated rings. The second-order valence-electron chi connectivity index (χ2n) is 9.61. The van der Waals surface area contributed by atoms with E-state index in [1.54, 1.807) is 6.08 Å². The van der Waals surface area contributed by atoms with Crippen LogP contribution in [0, 0.1) is 17.8 Å². The number of carboxylic acids is 1. The van der Waals surface area contributed by atoms with E-state index in [2.05, 4.69) is 0 Å². The van der Waals surface area contributed by atoms with E-state index in [-0.39, 0.29) is 30.1 Å². The van der Waals surface area contributed by atoms with E-state index in [0.717, 1.165) is 37.8 Å². The summed E-state index contributed by atoms with van der Waals surface area (Å²) in [6, 6.07) is 4.53. The van der Waals surface area contributed by atoms with Gasteiger partial charge in [0.25, 0.3) is 0 Å². The van der Waals surface area contributed by atoms with Gasteiger partial charge in [0.15, 0.2) is 0 Å². The molecule has 7 atom stereocenters. The van der Waals surface area contributed by atoms with Gasteiger partial charge in [0.2, 0.25) is 0 Å². The molecular weight excluding hydrogens is 481 g/mol. The fraction of sp³-hybridized carbons (Fsp3) is 0.654. The van der Waals surface area contributed by atoms with Gasteiger partial charge in [0, 0.05) is 16.4 Å². The van der Waals surface area contributed by atoms with E-state index in [4.69, 9.17) is 4.74 Å². The SMILES string of the molecule is CCCC(CC[C@H]1CC[C@@H]2[C@@H](/C=C/[C@@H](O)COc3cccc(C(F)(F)F)c3)[C@H](O)C[C@@H]2S1)C(=O)O. The Kier molecular flexibility index (Phi) is 9.95. The molecule has 0 amide bonds. The molecule has 5 nitrogen and oxygen atoms in total. The number of hydrogen-bond acceptors (Lipinski definition) is 5. The fourth-order valence-electron chi connectivity index (χ4n) is 5.20. The molecular formula is C26H35F3O5S. The summed E-state index contributed by atoms with van der Waals surface area (Å²) in [5.74, 6) is -0.786. The third-order valence-corrected chi connectivity index (χ3v) is 8.79. The molecule has 1 saturated heterocycles. The molecule has 0 bridgehead atoms. The van der Waals surface area contributed by atoms with Gasteiger partial charge in [-0.05, 0) is 62.6 Å². The monoisotopic (exact) mass is 516 g/mol. The zero-order valence-electron chi connectivity index (χ0n) is 19.9. The lowest BCUT2D eigenvalue weighted by atomic mass is 9.87. The van der Waals surface area contributed by atoms with E-state index in [1.165, 1.54) is 12.1 Å². The minimum absolute atomic E-state index is 0.0343. The third-order valence-electron chi connectivity index (χ3n) is 7.04. The molecule has 0 aromatic heterocycles. The average Bonchev–Trinajstić information content (AvgIpc) is 3.12. The second-order valence-corrected chi connectivity index (χ2v) is 11.2. The molecule has 3 N–H and O–H groups in total. The molecule has 1 unspecified atom stereocenters. The molecule has 2 aliphatic rings. The highest BCUT2D eigenvalue weighted by atomic mass is 32.2. The van der Waals surface area contributed by atoms with Gasteiger partial charge in [-0.2, -0.15) is 24.9 Å². The van der Waals surface area contributed by atoms with Crippen molar-refractivity contribution in [2.75, 3.05) is 6.61 Å². The Labute approximate surface area is 208 Å². The van der Waals surface area contributed by atoms with Gasteiger partial charge in [-0.1, -0.05) is 31.6 Å². The van der Waals surface area contributed by atoms with Crippen LogP contribution in [0.5, 0.6) is 5.75 Å². The van der Waals surface area contributed by atoms with Crippen molar-refractivity contribution in [1.82, 2.24) is 0 Å². The van der Waals surface area contributed by atoms with E-state index in [1.807, 2.05) is 24.8 Å². The Hall–Kier alpha value is -1.71. The van der Waals surface area contributed by atoms with E-state index in [9.17, 15) is 33.3 Å². The molecule has 1 saturated carbocycles. The van der Waals surface area contributed by atoms with Crippen LogP contribution in [0.2, 0.25) is 0 Å². The smallest absolute Gasteiger partial charge is 0.416 e. The Morgan fingerprint density at radius 1 is 1.29 bits per heavy atom. The maximum atomic E-state index is 12.8. The Bertz CT molecular complexity index is 862. The van der Waals surface area contributed by atoms with Gasteiger partial charge >= 0.3 is 12.1 Å². The number of carbonyl (C=O) groups is 1. The van der Waals surface area contributed by atoms with Crippen molar-refractivity contribution in [3.05, 3.63) is 42.0 Å². The molecule has 196 valence electrons. The summed E-state index contributed by atoms with van der Waals surface area (Å²) in [4.78, 5) is 11.4. The first-order valence-electron chi connectivity index (χ1n) is 12.3. The number of ether oxygens (including phenoxy) is 1. The number of hydrogen-bond donors (Lipinski definition) is 3. The zero-order valence-corrected chi connectivity index (χ0v) is 20.7. The van der Waals surface area contributed by atoms with Crippen molar-refractivity contribution in [3.8, 4) is 5.75 Å². The summed E-state index contributed by atoms with van der Waals surface area (Å²) in [5, 5.41) is 31.0. The van der Waals surface area contributed by atoms with Crippen molar-refractivity contribution < 1.29 is 38.0 Å². The number of benzene rings is 1. The maximum Gasteiger partial charge on any atom is 0.416 e. The summed E-state index contributed by atoms with van der Waals surface area (Å²) in [5.41, 5.74) is -0.808. The first-order chi connectivity index (χ1) is 16.6. The van der Waals surface area contributed by atoms with Crippen LogP contribution in [0.15, 0.2) is 36.4 Å². The quantitative estimate of drug-likeness (QED) is 0.335. The predicted molar refractivity (Wildman–Crippen MR) is 129 cm³/mol. The van der Waals surface area contributed by atoms with Crippen LogP contribution < -0.4 is 4.74 Å². The van der Waals surface area contributed by atoms with Crippen molar-refractivity contribution in [1.29, 1.82) is 0 Å². The van der Waals surface area contributed by atoms with Gasteiger partial charge in [-0.15, -0.1) is 0 Å². The highest BCUT2D eigenvalue weighted by Crippen LogP contribution is 2.50. The second kappa shape index (κ2) is 12.5. The molecule has 1 aliphatic heterocycles. The molecule has 3 rings (SSSR count). The Balaban J connectivity index is 1.48. The number of aliphatic carboxylic acids is 1. The average molecular weight is 517 g/mol. The highest BCUT2D eigenvalue weighted by molar-refractivity contribution is 8.00. The van der Waals surface area contributed by atoms with Gasteiger partial charge in [-0.25, -0.2) is 0 Å². The zero-order chi connectivity index (χ0) is 25.6. The van der Waals surface area contributed by atoms with Crippen molar-refractivity contribution in [2.24, 2.45) is 17.8 Å². The van der Waals surface area contributed by atoms with Crippen molar-refractivity contribution >= 4 is 17.7 Å².